The van der Waals surface area contributed by atoms with Crippen LogP contribution in [0.4, 0.5) is 4.79 Å². The van der Waals surface area contributed by atoms with Crippen molar-refractivity contribution < 1.29 is 33.4 Å². The fraction of sp³-hybridized carbons (Fsp3) is 0.500. The normalized spacial score (nSPS) is 12.5. The van der Waals surface area contributed by atoms with Gasteiger partial charge in [0.25, 0.3) is 0 Å². The summed E-state index contributed by atoms with van der Waals surface area (Å²) in [6.07, 6.45) is 0.245. The van der Waals surface area contributed by atoms with Gasteiger partial charge in [-0.2, -0.15) is 0 Å². The van der Waals surface area contributed by atoms with E-state index in [9.17, 15) is 24.0 Å². The summed E-state index contributed by atoms with van der Waals surface area (Å²) in [5.74, 6) is -2.63. The molecule has 1 aromatic carbocycles. The van der Waals surface area contributed by atoms with Crippen molar-refractivity contribution in [3.05, 3.63) is 47.5 Å². The van der Waals surface area contributed by atoms with Crippen molar-refractivity contribution in [1.29, 1.82) is 0 Å². The average molecular weight is 519 g/mol. The summed E-state index contributed by atoms with van der Waals surface area (Å²) in [7, 11) is 1.19. The lowest BCUT2D eigenvalue weighted by molar-refractivity contribution is -0.144. The van der Waals surface area contributed by atoms with Crippen molar-refractivity contribution in [1.82, 2.24) is 15.5 Å². The minimum absolute atomic E-state index is 0.0778. The molecule has 1 rings (SSSR count). The molecule has 4 N–H and O–H groups in total. The first-order valence-electron chi connectivity index (χ1n) is 11.8. The smallest absolute Gasteiger partial charge is 0.408 e. The quantitative estimate of drug-likeness (QED) is 0.281. The number of amides is 4. The molecule has 11 heteroatoms. The SMILES string of the molecule is C=CCN(C(=O)C(CCC(N)=O)NC(=O)OC(C)(C)C)C(C(=O)NCC(=O)OC)c1ccc(C)cc1C. The monoisotopic (exact) mass is 518 g/mol. The molecule has 0 spiro atoms. The van der Waals surface area contributed by atoms with Crippen LogP contribution in [-0.4, -0.2) is 66.5 Å². The summed E-state index contributed by atoms with van der Waals surface area (Å²) in [5.41, 5.74) is 6.64. The highest BCUT2D eigenvalue weighted by Crippen LogP contribution is 2.27. The van der Waals surface area contributed by atoms with E-state index in [1.54, 1.807) is 39.8 Å². The number of benzene rings is 1. The van der Waals surface area contributed by atoms with Gasteiger partial charge in [-0.3, -0.25) is 19.2 Å². The van der Waals surface area contributed by atoms with Gasteiger partial charge in [-0.1, -0.05) is 29.8 Å². The summed E-state index contributed by atoms with van der Waals surface area (Å²) < 4.78 is 9.88. The lowest BCUT2D eigenvalue weighted by atomic mass is 9.96. The van der Waals surface area contributed by atoms with Gasteiger partial charge in [0, 0.05) is 13.0 Å². The van der Waals surface area contributed by atoms with Crippen LogP contribution in [0.15, 0.2) is 30.9 Å². The summed E-state index contributed by atoms with van der Waals surface area (Å²) in [5, 5.41) is 5.00. The molecule has 4 amide bonds. The Bertz CT molecular complexity index is 1020. The summed E-state index contributed by atoms with van der Waals surface area (Å²) in [6, 6.07) is 2.95. The van der Waals surface area contributed by atoms with Crippen LogP contribution in [0.3, 0.4) is 0 Å². The third-order valence-electron chi connectivity index (χ3n) is 5.19. The molecule has 0 aromatic heterocycles. The molecule has 37 heavy (non-hydrogen) atoms. The minimum Gasteiger partial charge on any atom is -0.468 e. The maximum absolute atomic E-state index is 13.8. The lowest BCUT2D eigenvalue weighted by Crippen LogP contribution is -2.53. The van der Waals surface area contributed by atoms with E-state index in [2.05, 4.69) is 21.9 Å². The highest BCUT2D eigenvalue weighted by Gasteiger charge is 2.36. The standard InChI is InChI=1S/C26H38N4O7/c1-8-13-30(24(34)19(11-12-20(27)31)29-25(35)37-26(4,5)6)22(23(33)28-15-21(32)36-7)18-10-9-16(2)14-17(18)3/h8-10,14,19,22H,1,11-13,15H2,2-7H3,(H2,27,31)(H,28,33)(H,29,35). The Kier molecular flexibility index (Phi) is 11.8. The van der Waals surface area contributed by atoms with Crippen molar-refractivity contribution in [2.45, 2.75) is 65.1 Å². The predicted octanol–water partition coefficient (Wildman–Crippen LogP) is 1.81. The van der Waals surface area contributed by atoms with Crippen LogP contribution in [-0.2, 0) is 28.7 Å². The summed E-state index contributed by atoms with van der Waals surface area (Å²) in [4.78, 5) is 64.1. The second-order valence-electron chi connectivity index (χ2n) is 9.54. The molecule has 11 nitrogen and oxygen atoms in total. The fourth-order valence-corrected chi connectivity index (χ4v) is 3.57. The van der Waals surface area contributed by atoms with E-state index in [-0.39, 0.29) is 19.4 Å². The van der Waals surface area contributed by atoms with Gasteiger partial charge in [0.15, 0.2) is 0 Å². The van der Waals surface area contributed by atoms with Gasteiger partial charge in [0.1, 0.15) is 24.2 Å². The molecule has 0 heterocycles. The first-order valence-corrected chi connectivity index (χ1v) is 11.8. The number of carbonyl (C=O) groups is 5. The number of aryl methyl sites for hydroxylation is 2. The summed E-state index contributed by atoms with van der Waals surface area (Å²) >= 11 is 0. The Labute approximate surface area is 217 Å². The zero-order valence-corrected chi connectivity index (χ0v) is 22.4. The number of methoxy groups -OCH3 is 1. The molecule has 0 aliphatic rings. The first kappa shape index (κ1) is 31.1. The van der Waals surface area contributed by atoms with E-state index in [1.165, 1.54) is 18.1 Å². The maximum atomic E-state index is 13.8. The van der Waals surface area contributed by atoms with Gasteiger partial charge >= 0.3 is 12.1 Å². The Balaban J connectivity index is 3.51. The van der Waals surface area contributed by atoms with Gasteiger partial charge in [-0.25, -0.2) is 4.79 Å². The molecule has 0 saturated heterocycles. The van der Waals surface area contributed by atoms with Crippen LogP contribution in [0.2, 0.25) is 0 Å². The van der Waals surface area contributed by atoms with E-state index in [0.717, 1.165) is 11.1 Å². The van der Waals surface area contributed by atoms with E-state index in [4.69, 9.17) is 10.5 Å². The molecule has 0 aliphatic heterocycles. The Morgan fingerprint density at radius 3 is 2.32 bits per heavy atom. The Morgan fingerprint density at radius 2 is 1.81 bits per heavy atom. The van der Waals surface area contributed by atoms with Crippen LogP contribution >= 0.6 is 0 Å². The molecule has 1 aromatic rings. The van der Waals surface area contributed by atoms with Gasteiger partial charge < -0.3 is 30.7 Å². The molecule has 0 bridgehead atoms. The molecule has 204 valence electrons. The predicted molar refractivity (Wildman–Crippen MR) is 137 cm³/mol. The number of hydrogen-bond donors (Lipinski definition) is 3. The van der Waals surface area contributed by atoms with Gasteiger partial charge in [-0.05, 0) is 52.2 Å². The van der Waals surface area contributed by atoms with E-state index in [0.29, 0.717) is 5.56 Å². The molecular formula is C26H38N4O7. The van der Waals surface area contributed by atoms with Crippen molar-refractivity contribution in [2.24, 2.45) is 5.73 Å². The van der Waals surface area contributed by atoms with E-state index >= 15 is 0 Å². The number of ether oxygens (including phenoxy) is 2. The number of nitrogens with zero attached hydrogens (tertiary/aromatic N) is 1. The van der Waals surface area contributed by atoms with Crippen LogP contribution in [0, 0.1) is 13.8 Å². The number of alkyl carbamates (subject to hydrolysis) is 1. The molecule has 2 unspecified atom stereocenters. The third kappa shape index (κ3) is 10.3. The molecular weight excluding hydrogens is 480 g/mol. The van der Waals surface area contributed by atoms with Crippen LogP contribution in [0.1, 0.15) is 56.3 Å². The third-order valence-corrected chi connectivity index (χ3v) is 5.19. The largest absolute Gasteiger partial charge is 0.468 e. The van der Waals surface area contributed by atoms with Crippen molar-refractivity contribution in [3.63, 3.8) is 0 Å². The van der Waals surface area contributed by atoms with E-state index in [1.807, 2.05) is 13.0 Å². The topological polar surface area (TPSA) is 157 Å². The number of nitrogens with two attached hydrogens (primary N) is 1. The molecule has 2 atom stereocenters. The minimum atomic E-state index is -1.23. The highest BCUT2D eigenvalue weighted by molar-refractivity contribution is 5.93. The first-order chi connectivity index (χ1) is 17.2. The molecule has 0 fully saturated rings. The van der Waals surface area contributed by atoms with Crippen LogP contribution in [0.25, 0.3) is 0 Å². The number of carbonyl (C=O) groups excluding carboxylic acids is 5. The lowest BCUT2D eigenvalue weighted by Gasteiger charge is -2.34. The number of rotatable bonds is 12. The van der Waals surface area contributed by atoms with Gasteiger partial charge in [0.2, 0.25) is 17.7 Å². The zero-order valence-electron chi connectivity index (χ0n) is 22.4. The highest BCUT2D eigenvalue weighted by atomic mass is 16.6. The average Bonchev–Trinajstić information content (AvgIpc) is 2.79. The number of hydrogen-bond acceptors (Lipinski definition) is 7. The van der Waals surface area contributed by atoms with Gasteiger partial charge in [0.05, 0.1) is 7.11 Å². The fourth-order valence-electron chi connectivity index (χ4n) is 3.57. The Morgan fingerprint density at radius 1 is 1.16 bits per heavy atom. The molecule has 0 aliphatic carbocycles. The number of primary amides is 1. The molecule has 0 radical (unpaired) electrons. The van der Waals surface area contributed by atoms with E-state index < -0.39 is 54.0 Å². The van der Waals surface area contributed by atoms with Crippen LogP contribution in [0.5, 0.6) is 0 Å². The van der Waals surface area contributed by atoms with Crippen LogP contribution < -0.4 is 16.4 Å². The van der Waals surface area contributed by atoms with Crippen molar-refractivity contribution in [3.8, 4) is 0 Å². The molecule has 0 saturated carbocycles. The van der Waals surface area contributed by atoms with Gasteiger partial charge in [-0.15, -0.1) is 6.58 Å². The second-order valence-corrected chi connectivity index (χ2v) is 9.54. The number of esters is 1. The number of nitrogens with one attached hydrogen (secondary N) is 2. The van der Waals surface area contributed by atoms with Crippen molar-refractivity contribution in [2.75, 3.05) is 20.2 Å². The zero-order chi connectivity index (χ0) is 28.3. The van der Waals surface area contributed by atoms with Crippen molar-refractivity contribution >= 4 is 29.8 Å². The second kappa shape index (κ2) is 14.0. The maximum Gasteiger partial charge on any atom is 0.408 e. The Hall–Kier alpha value is -3.89. The summed E-state index contributed by atoms with van der Waals surface area (Å²) in [6.45, 7) is 11.9.